The predicted molar refractivity (Wildman–Crippen MR) is 28.1 cm³/mol. The highest BCUT2D eigenvalue weighted by Gasteiger charge is 1.87. The summed E-state index contributed by atoms with van der Waals surface area (Å²) in [5.41, 5.74) is 0. The lowest BCUT2D eigenvalue weighted by atomic mass is 10.9. The highest BCUT2D eigenvalue weighted by atomic mass is 16.5. The molecule has 4 heteroatoms. The molecule has 0 bridgehead atoms. The Balaban J connectivity index is 3.23. The molecule has 0 amide bonds. The van der Waals surface area contributed by atoms with Gasteiger partial charge in [0.1, 0.15) is 0 Å². The van der Waals surface area contributed by atoms with E-state index in [1.165, 1.54) is 0 Å². The fourth-order valence-corrected chi connectivity index (χ4v) is 0.231. The Morgan fingerprint density at radius 2 is 2.62 bits per heavy atom. The summed E-state index contributed by atoms with van der Waals surface area (Å²) >= 11 is 0. The maximum atomic E-state index is 7.88. The van der Waals surface area contributed by atoms with Crippen molar-refractivity contribution < 1.29 is 4.74 Å². The molecular formula is C4H7N3O. The molecule has 0 saturated carbocycles. The first-order valence-electron chi connectivity index (χ1n) is 2.17. The van der Waals surface area contributed by atoms with Gasteiger partial charge in [0.25, 0.3) is 6.02 Å². The average Bonchev–Trinajstić information content (AvgIpc) is 1.68. The molecule has 4 nitrogen and oxygen atoms in total. The number of hydrogen-bond donors (Lipinski definition) is 2. The summed E-state index contributed by atoms with van der Waals surface area (Å²) in [7, 11) is 0. The maximum absolute atomic E-state index is 7.88. The molecule has 0 rings (SSSR count). The largest absolute Gasteiger partial charge is 0.465 e. The number of ether oxygens (including phenoxy) is 1. The smallest absolute Gasteiger partial charge is 0.295 e. The molecule has 0 aromatic rings. The fraction of sp³-hybridized carbons (Fsp3) is 0.500. The van der Waals surface area contributed by atoms with Gasteiger partial charge in [0.15, 0.2) is 6.19 Å². The maximum Gasteiger partial charge on any atom is 0.295 e. The lowest BCUT2D eigenvalue weighted by molar-refractivity contribution is 0.312. The van der Waals surface area contributed by atoms with Crippen molar-refractivity contribution in [3.8, 4) is 6.19 Å². The zero-order valence-electron chi connectivity index (χ0n) is 4.56. The van der Waals surface area contributed by atoms with Crippen molar-refractivity contribution in [3.63, 3.8) is 0 Å². The summed E-state index contributed by atoms with van der Waals surface area (Å²) in [6.45, 7) is 2.15. The van der Waals surface area contributed by atoms with E-state index < -0.39 is 0 Å². The predicted octanol–water partition coefficient (Wildman–Crippen LogP) is 0.0283. The van der Waals surface area contributed by atoms with Crippen LogP contribution in [0, 0.1) is 16.9 Å². The van der Waals surface area contributed by atoms with Gasteiger partial charge in [-0.2, -0.15) is 5.26 Å². The summed E-state index contributed by atoms with van der Waals surface area (Å²) in [4.78, 5) is 0. The molecule has 0 spiro atoms. The van der Waals surface area contributed by atoms with Crippen LogP contribution >= 0.6 is 0 Å². The molecule has 44 valence electrons. The average molecular weight is 113 g/mol. The molecule has 0 atom stereocenters. The van der Waals surface area contributed by atoms with Gasteiger partial charge in [0.2, 0.25) is 0 Å². The Bertz CT molecular complexity index is 115. The molecule has 0 aromatic carbocycles. The SMILES string of the molecule is CCOC(=N)NC#N. The lowest BCUT2D eigenvalue weighted by Gasteiger charge is -1.97. The van der Waals surface area contributed by atoms with Crippen LogP contribution in [-0.2, 0) is 4.74 Å². The van der Waals surface area contributed by atoms with Gasteiger partial charge < -0.3 is 4.74 Å². The van der Waals surface area contributed by atoms with E-state index in [1.54, 1.807) is 13.1 Å². The molecule has 8 heavy (non-hydrogen) atoms. The Labute approximate surface area is 47.6 Å². The molecule has 0 aromatic heterocycles. The van der Waals surface area contributed by atoms with Gasteiger partial charge >= 0.3 is 0 Å². The molecule has 0 aliphatic heterocycles. The third-order valence-corrected chi connectivity index (χ3v) is 0.458. The van der Waals surface area contributed by atoms with E-state index in [0.717, 1.165) is 0 Å². The number of nitrogens with zero attached hydrogens (tertiary/aromatic N) is 1. The Morgan fingerprint density at radius 3 is 3.00 bits per heavy atom. The minimum Gasteiger partial charge on any atom is -0.465 e. The van der Waals surface area contributed by atoms with Crippen molar-refractivity contribution in [2.75, 3.05) is 6.61 Å². The third-order valence-electron chi connectivity index (χ3n) is 0.458. The number of amidine groups is 1. The van der Waals surface area contributed by atoms with Crippen molar-refractivity contribution in [3.05, 3.63) is 0 Å². The van der Waals surface area contributed by atoms with Crippen LogP contribution in [0.5, 0.6) is 0 Å². The van der Waals surface area contributed by atoms with E-state index in [2.05, 4.69) is 4.74 Å². The first kappa shape index (κ1) is 6.76. The highest BCUT2D eigenvalue weighted by Crippen LogP contribution is 1.69. The highest BCUT2D eigenvalue weighted by molar-refractivity contribution is 5.71. The van der Waals surface area contributed by atoms with Crippen molar-refractivity contribution in [1.82, 2.24) is 5.32 Å². The van der Waals surface area contributed by atoms with Crippen LogP contribution < -0.4 is 5.32 Å². The topological polar surface area (TPSA) is 68.9 Å². The monoisotopic (exact) mass is 113 g/mol. The van der Waals surface area contributed by atoms with Gasteiger partial charge in [-0.1, -0.05) is 0 Å². The van der Waals surface area contributed by atoms with Crippen molar-refractivity contribution in [2.45, 2.75) is 6.92 Å². The summed E-state index contributed by atoms with van der Waals surface area (Å²) in [5.74, 6) is 0. The van der Waals surface area contributed by atoms with Crippen LogP contribution in [0.25, 0.3) is 0 Å². The zero-order valence-corrected chi connectivity index (χ0v) is 4.56. The Morgan fingerprint density at radius 1 is 2.00 bits per heavy atom. The van der Waals surface area contributed by atoms with E-state index in [-0.39, 0.29) is 6.02 Å². The summed E-state index contributed by atoms with van der Waals surface area (Å²) in [6, 6.07) is -0.199. The molecule has 0 fully saturated rings. The van der Waals surface area contributed by atoms with Crippen molar-refractivity contribution in [2.24, 2.45) is 0 Å². The second kappa shape index (κ2) is 3.93. The second-order valence-corrected chi connectivity index (χ2v) is 0.999. The fourth-order valence-electron chi connectivity index (χ4n) is 0.231. The van der Waals surface area contributed by atoms with Crippen LogP contribution in [0.1, 0.15) is 6.92 Å². The molecular weight excluding hydrogens is 106 g/mol. The Hall–Kier alpha value is -1.24. The van der Waals surface area contributed by atoms with Gasteiger partial charge in [-0.3, -0.25) is 5.41 Å². The molecule has 0 heterocycles. The van der Waals surface area contributed by atoms with E-state index in [4.69, 9.17) is 10.7 Å². The molecule has 0 unspecified atom stereocenters. The van der Waals surface area contributed by atoms with Gasteiger partial charge in [0, 0.05) is 0 Å². The standard InChI is InChI=1S/C4H7N3O/c1-2-8-4(6)7-3-5/h2H2,1H3,(H2,6,7). The summed E-state index contributed by atoms with van der Waals surface area (Å²) < 4.78 is 4.53. The van der Waals surface area contributed by atoms with Crippen LogP contribution in [-0.4, -0.2) is 12.6 Å². The number of hydrogen-bond acceptors (Lipinski definition) is 3. The van der Waals surface area contributed by atoms with Crippen LogP contribution in [0.2, 0.25) is 0 Å². The van der Waals surface area contributed by atoms with Gasteiger partial charge in [0.05, 0.1) is 6.61 Å². The van der Waals surface area contributed by atoms with E-state index in [9.17, 15) is 0 Å². The van der Waals surface area contributed by atoms with Crippen LogP contribution in [0.4, 0.5) is 0 Å². The second-order valence-electron chi connectivity index (χ2n) is 0.999. The molecule has 0 saturated heterocycles. The first-order chi connectivity index (χ1) is 3.81. The van der Waals surface area contributed by atoms with Crippen molar-refractivity contribution in [1.29, 1.82) is 10.7 Å². The third kappa shape index (κ3) is 2.97. The first-order valence-corrected chi connectivity index (χ1v) is 2.17. The zero-order chi connectivity index (χ0) is 6.41. The normalized spacial score (nSPS) is 7.00. The number of nitrogens with one attached hydrogen (secondary N) is 2. The summed E-state index contributed by atoms with van der Waals surface area (Å²) in [5, 5.41) is 16.6. The Kier molecular flexibility index (Phi) is 3.32. The lowest BCUT2D eigenvalue weighted by Crippen LogP contribution is -2.19. The quantitative estimate of drug-likeness (QED) is 0.218. The van der Waals surface area contributed by atoms with Gasteiger partial charge in [-0.25, -0.2) is 5.32 Å². The van der Waals surface area contributed by atoms with Gasteiger partial charge in [-0.05, 0) is 6.92 Å². The minimum absolute atomic E-state index is 0.199. The van der Waals surface area contributed by atoms with Crippen LogP contribution in [0.15, 0.2) is 0 Å². The minimum atomic E-state index is -0.199. The number of nitriles is 1. The molecule has 0 radical (unpaired) electrons. The van der Waals surface area contributed by atoms with Crippen molar-refractivity contribution >= 4 is 6.02 Å². The van der Waals surface area contributed by atoms with E-state index in [0.29, 0.717) is 6.61 Å². The summed E-state index contributed by atoms with van der Waals surface area (Å²) in [6.07, 6.45) is 1.55. The molecule has 0 aliphatic carbocycles. The van der Waals surface area contributed by atoms with Crippen LogP contribution in [0.3, 0.4) is 0 Å². The number of rotatable bonds is 1. The molecule has 0 aliphatic rings. The van der Waals surface area contributed by atoms with Gasteiger partial charge in [-0.15, -0.1) is 0 Å². The molecule has 2 N–H and O–H groups in total. The van der Waals surface area contributed by atoms with E-state index in [1.807, 2.05) is 5.32 Å². The van der Waals surface area contributed by atoms with E-state index >= 15 is 0 Å².